The molecule has 0 bridgehead atoms. The number of carbonyl (C=O) groups is 1. The van der Waals surface area contributed by atoms with Crippen LogP contribution in [-0.4, -0.2) is 78.9 Å². The van der Waals surface area contributed by atoms with Crippen LogP contribution in [0.25, 0.3) is 0 Å². The van der Waals surface area contributed by atoms with Crippen LogP contribution in [-0.2, 0) is 4.79 Å². The van der Waals surface area contributed by atoms with Crippen molar-refractivity contribution < 1.29 is 4.79 Å². The molecule has 2 rings (SSSR count). The molecule has 1 amide bonds. The molecular weight excluding hydrogens is 509 g/mol. The van der Waals surface area contributed by atoms with Crippen LogP contribution in [0.3, 0.4) is 0 Å². The molecule has 1 saturated heterocycles. The third-order valence-corrected chi connectivity index (χ3v) is 8.60. The number of piperazine rings is 1. The molecule has 2 unspecified atom stereocenters. The van der Waals surface area contributed by atoms with Crippen LogP contribution in [0, 0.1) is 0 Å². The maximum absolute atomic E-state index is 11.6. The highest BCUT2D eigenvalue weighted by Crippen LogP contribution is 2.22. The summed E-state index contributed by atoms with van der Waals surface area (Å²) in [6.07, 6.45) is 20.6. The number of primary amides is 1. The molecule has 1 fully saturated rings. The number of likely N-dealkylation sites (N-methyl/N-ethyl adjacent to an activating group) is 1. The first kappa shape index (κ1) is 35.3. The third-order valence-electron chi connectivity index (χ3n) is 8.60. The maximum atomic E-state index is 11.6. The summed E-state index contributed by atoms with van der Waals surface area (Å²) in [7, 11) is 4.04. The molecular formula is C32H61BN7O. The lowest BCUT2D eigenvalue weighted by Gasteiger charge is -2.40. The van der Waals surface area contributed by atoms with E-state index in [2.05, 4.69) is 44.8 Å². The molecule has 2 heterocycles. The SMILES string of the molecule is CCCCCCCC(CCCCCC)N1CCN(c2nc([B]C(CC)CCCCC)nc(N(C)CC(N)=O)n2)CC1. The summed E-state index contributed by atoms with van der Waals surface area (Å²) in [6, 6.07) is 0.684. The van der Waals surface area contributed by atoms with Gasteiger partial charge in [0.1, 0.15) is 0 Å². The smallest absolute Gasteiger partial charge is 0.237 e. The summed E-state index contributed by atoms with van der Waals surface area (Å²) in [5.41, 5.74) is 6.21. The number of amides is 1. The van der Waals surface area contributed by atoms with Crippen molar-refractivity contribution in [2.45, 2.75) is 142 Å². The fourth-order valence-electron chi connectivity index (χ4n) is 5.92. The molecule has 233 valence electrons. The summed E-state index contributed by atoms with van der Waals surface area (Å²) in [5.74, 6) is 1.29. The summed E-state index contributed by atoms with van der Waals surface area (Å²) < 4.78 is 0. The van der Waals surface area contributed by atoms with E-state index >= 15 is 0 Å². The minimum absolute atomic E-state index is 0.0857. The van der Waals surface area contributed by atoms with Gasteiger partial charge in [0.2, 0.25) is 25.1 Å². The third kappa shape index (κ3) is 13.7. The Morgan fingerprint density at radius 1 is 0.805 bits per heavy atom. The van der Waals surface area contributed by atoms with E-state index in [9.17, 15) is 4.79 Å². The van der Waals surface area contributed by atoms with Crippen LogP contribution < -0.4 is 21.3 Å². The number of anilines is 2. The van der Waals surface area contributed by atoms with E-state index in [1.165, 1.54) is 89.9 Å². The van der Waals surface area contributed by atoms with Crippen molar-refractivity contribution in [3.05, 3.63) is 0 Å². The molecule has 9 heteroatoms. The second kappa shape index (κ2) is 20.9. The van der Waals surface area contributed by atoms with Gasteiger partial charge in [0, 0.05) is 39.3 Å². The average Bonchev–Trinajstić information content (AvgIpc) is 2.97. The number of carbonyl (C=O) groups excluding carboxylic acids is 1. The van der Waals surface area contributed by atoms with Crippen molar-refractivity contribution in [2.24, 2.45) is 5.73 Å². The lowest BCUT2D eigenvalue weighted by molar-refractivity contribution is -0.116. The zero-order valence-electron chi connectivity index (χ0n) is 27.3. The van der Waals surface area contributed by atoms with Crippen LogP contribution in [0.4, 0.5) is 11.9 Å². The number of hydrogen-bond acceptors (Lipinski definition) is 7. The molecule has 1 aliphatic heterocycles. The van der Waals surface area contributed by atoms with E-state index in [-0.39, 0.29) is 12.5 Å². The van der Waals surface area contributed by atoms with E-state index in [0.717, 1.165) is 45.0 Å². The molecule has 0 saturated carbocycles. The van der Waals surface area contributed by atoms with Gasteiger partial charge in [0.25, 0.3) is 0 Å². The van der Waals surface area contributed by atoms with Crippen molar-refractivity contribution in [1.29, 1.82) is 0 Å². The predicted molar refractivity (Wildman–Crippen MR) is 176 cm³/mol. The van der Waals surface area contributed by atoms with Crippen molar-refractivity contribution in [3.8, 4) is 0 Å². The van der Waals surface area contributed by atoms with Gasteiger partial charge in [-0.2, -0.15) is 4.98 Å². The number of rotatable bonds is 23. The van der Waals surface area contributed by atoms with Gasteiger partial charge in [-0.1, -0.05) is 123 Å². The number of aromatic nitrogens is 3. The van der Waals surface area contributed by atoms with Crippen LogP contribution in [0.5, 0.6) is 0 Å². The lowest BCUT2D eigenvalue weighted by atomic mass is 9.60. The highest BCUT2D eigenvalue weighted by molar-refractivity contribution is 6.53. The predicted octanol–water partition coefficient (Wildman–Crippen LogP) is 5.72. The summed E-state index contributed by atoms with van der Waals surface area (Å²) in [5, 5.41) is 0. The number of nitrogens with two attached hydrogens (primary N) is 1. The molecule has 1 aromatic rings. The normalized spacial score (nSPS) is 15.6. The molecule has 0 spiro atoms. The molecule has 0 aromatic carbocycles. The van der Waals surface area contributed by atoms with Gasteiger partial charge in [-0.3, -0.25) is 9.69 Å². The molecule has 8 nitrogen and oxygen atoms in total. The van der Waals surface area contributed by atoms with Gasteiger partial charge in [-0.15, -0.1) is 0 Å². The molecule has 1 aliphatic rings. The number of hydrogen-bond donors (Lipinski definition) is 1. The first-order valence-electron chi connectivity index (χ1n) is 17.0. The van der Waals surface area contributed by atoms with Gasteiger partial charge >= 0.3 is 0 Å². The molecule has 2 N–H and O–H groups in total. The van der Waals surface area contributed by atoms with Gasteiger partial charge in [-0.05, 0) is 12.8 Å². The Morgan fingerprint density at radius 3 is 1.95 bits per heavy atom. The minimum Gasteiger partial charge on any atom is -0.368 e. The van der Waals surface area contributed by atoms with E-state index in [1.807, 2.05) is 7.05 Å². The zero-order chi connectivity index (χ0) is 29.9. The fourth-order valence-corrected chi connectivity index (χ4v) is 5.92. The van der Waals surface area contributed by atoms with Crippen LogP contribution in [0.15, 0.2) is 0 Å². The van der Waals surface area contributed by atoms with Gasteiger partial charge in [-0.25, -0.2) is 9.97 Å². The summed E-state index contributed by atoms with van der Waals surface area (Å²) in [4.78, 5) is 32.9. The Balaban J connectivity index is 2.11. The van der Waals surface area contributed by atoms with Crippen LogP contribution >= 0.6 is 0 Å². The van der Waals surface area contributed by atoms with E-state index < -0.39 is 0 Å². The van der Waals surface area contributed by atoms with E-state index in [1.54, 1.807) is 4.90 Å². The van der Waals surface area contributed by atoms with Crippen molar-refractivity contribution in [3.63, 3.8) is 0 Å². The average molecular weight is 571 g/mol. The molecule has 41 heavy (non-hydrogen) atoms. The number of nitrogens with zero attached hydrogens (tertiary/aromatic N) is 6. The second-order valence-corrected chi connectivity index (χ2v) is 12.2. The van der Waals surface area contributed by atoms with Crippen LogP contribution in [0.1, 0.15) is 130 Å². The van der Waals surface area contributed by atoms with Crippen molar-refractivity contribution in [2.75, 3.05) is 49.6 Å². The molecule has 0 aliphatic carbocycles. The lowest BCUT2D eigenvalue weighted by Crippen LogP contribution is -2.51. The summed E-state index contributed by atoms with van der Waals surface area (Å²) >= 11 is 0. The highest BCUT2D eigenvalue weighted by atomic mass is 16.1. The van der Waals surface area contributed by atoms with Gasteiger partial charge < -0.3 is 15.5 Å². The molecule has 2 atom stereocenters. The minimum atomic E-state index is -0.390. The number of unbranched alkanes of at least 4 members (excludes halogenated alkanes) is 9. The zero-order valence-corrected chi connectivity index (χ0v) is 27.3. The Morgan fingerprint density at radius 2 is 1.37 bits per heavy atom. The molecule has 1 aromatic heterocycles. The van der Waals surface area contributed by atoms with Crippen molar-refractivity contribution in [1.82, 2.24) is 19.9 Å². The Bertz CT molecular complexity index is 834. The van der Waals surface area contributed by atoms with Crippen molar-refractivity contribution >= 4 is 30.8 Å². The monoisotopic (exact) mass is 571 g/mol. The fraction of sp³-hybridized carbons (Fsp3) is 0.875. The Labute approximate surface area is 252 Å². The largest absolute Gasteiger partial charge is 0.368 e. The molecule has 1 radical (unpaired) electrons. The van der Waals surface area contributed by atoms with Gasteiger partial charge in [0.15, 0.2) is 0 Å². The van der Waals surface area contributed by atoms with Gasteiger partial charge in [0.05, 0.1) is 12.3 Å². The second-order valence-electron chi connectivity index (χ2n) is 12.2. The highest BCUT2D eigenvalue weighted by Gasteiger charge is 2.26. The standard InChI is InChI=1S/C32H61BN7O/c1-6-10-13-15-18-21-28(20-17-14-11-7-2)39-22-24-40(25-23-39)32-36-30(33-27(9-4)19-16-12-8-3)35-31(37-32)38(5)26-29(34)41/h27-28H,6-26H2,1-5H3,(H2,34,41). The first-order valence-corrected chi connectivity index (χ1v) is 17.0. The Hall–Kier alpha value is -1.90. The quantitative estimate of drug-likeness (QED) is 0.133. The topological polar surface area (TPSA) is 91.5 Å². The summed E-state index contributed by atoms with van der Waals surface area (Å²) in [6.45, 7) is 13.1. The van der Waals surface area contributed by atoms with E-state index in [4.69, 9.17) is 20.7 Å². The maximum Gasteiger partial charge on any atom is 0.237 e. The first-order chi connectivity index (χ1) is 19.9. The van der Waals surface area contributed by atoms with Crippen LogP contribution in [0.2, 0.25) is 5.82 Å². The van der Waals surface area contributed by atoms with E-state index in [0.29, 0.717) is 23.5 Å². The Kier molecular flexibility index (Phi) is 18.0.